The predicted molar refractivity (Wildman–Crippen MR) is 86.3 cm³/mol. The topological polar surface area (TPSA) is 63.2 Å². The Labute approximate surface area is 124 Å². The number of rotatable bonds is 9. The third kappa shape index (κ3) is 8.94. The van der Waals surface area contributed by atoms with Crippen LogP contribution in [0, 0.1) is 10.8 Å². The number of amides is 1. The first kappa shape index (κ1) is 18.9. The largest absolute Gasteiger partial charge is 0.350 e. The van der Waals surface area contributed by atoms with Crippen LogP contribution in [0.15, 0.2) is 0 Å². The normalized spacial score (nSPS) is 12.0. The minimum Gasteiger partial charge on any atom is -0.350 e. The Bertz CT molecular complexity index is 379. The van der Waals surface area contributed by atoms with Crippen molar-refractivity contribution in [3.05, 3.63) is 0 Å². The molecule has 0 saturated heterocycles. The summed E-state index contributed by atoms with van der Waals surface area (Å²) in [5.74, 6) is 0.148. The van der Waals surface area contributed by atoms with Gasteiger partial charge in [-0.2, -0.15) is 0 Å². The second kappa shape index (κ2) is 7.65. The maximum atomic E-state index is 11.8. The zero-order valence-electron chi connectivity index (χ0n) is 13.8. The number of carbonyl (C=O) groups is 3. The van der Waals surface area contributed by atoms with Gasteiger partial charge in [-0.3, -0.25) is 4.79 Å². The van der Waals surface area contributed by atoms with E-state index in [1.807, 2.05) is 21.7 Å². The van der Waals surface area contributed by atoms with Crippen molar-refractivity contribution in [1.82, 2.24) is 5.32 Å². The Kier molecular flexibility index (Phi) is 7.25. The molecule has 0 aliphatic carbocycles. The Morgan fingerprint density at radius 3 is 1.95 bits per heavy atom. The SMILES string of the molecule is BCC(=O)CC(C)(C)CC(C)(C)CC(=O)NCC(B)=O. The molecule has 0 spiro atoms. The quantitative estimate of drug-likeness (QED) is 0.609. The smallest absolute Gasteiger partial charge is 0.220 e. The molecule has 0 unspecified atom stereocenters. The molecule has 0 bridgehead atoms. The molecule has 1 amide bonds. The molecule has 0 fully saturated rings. The van der Waals surface area contributed by atoms with Gasteiger partial charge in [0.2, 0.25) is 5.91 Å². The molecule has 0 aromatic rings. The molecule has 0 aliphatic heterocycles. The van der Waals surface area contributed by atoms with Crippen molar-refractivity contribution < 1.29 is 14.4 Å². The van der Waals surface area contributed by atoms with Gasteiger partial charge in [-0.15, -0.1) is 0 Å². The number of ketones is 1. The predicted octanol–water partition coefficient (Wildman–Crippen LogP) is 0.106. The summed E-state index contributed by atoms with van der Waals surface area (Å²) in [6.45, 7) is 8.27. The Morgan fingerprint density at radius 2 is 1.50 bits per heavy atom. The first-order chi connectivity index (χ1) is 8.97. The molecule has 112 valence electrons. The van der Waals surface area contributed by atoms with Gasteiger partial charge in [0.05, 0.1) is 6.54 Å². The van der Waals surface area contributed by atoms with Crippen molar-refractivity contribution in [3.63, 3.8) is 0 Å². The standard InChI is InChI=1S/C14H27B2NO3/c1-13(2,5-10(18)7-15)9-14(3,4)6-12(20)17-8-11(16)19/h5-9,15-16H2,1-4H3,(H,17,20). The van der Waals surface area contributed by atoms with Gasteiger partial charge in [-0.1, -0.05) is 27.7 Å². The molecule has 0 radical (unpaired) electrons. The highest BCUT2D eigenvalue weighted by atomic mass is 16.2. The van der Waals surface area contributed by atoms with Crippen LogP contribution in [0.25, 0.3) is 0 Å². The van der Waals surface area contributed by atoms with E-state index in [9.17, 15) is 14.4 Å². The Morgan fingerprint density at radius 1 is 1.00 bits per heavy atom. The lowest BCUT2D eigenvalue weighted by atomic mass is 9.70. The van der Waals surface area contributed by atoms with Crippen LogP contribution in [-0.2, 0) is 14.4 Å². The summed E-state index contributed by atoms with van der Waals surface area (Å²) in [6, 6.07) is 0. The number of hydrogen-bond donors (Lipinski definition) is 1. The van der Waals surface area contributed by atoms with Crippen LogP contribution in [0.3, 0.4) is 0 Å². The molecule has 20 heavy (non-hydrogen) atoms. The van der Waals surface area contributed by atoms with Crippen LogP contribution < -0.4 is 5.32 Å². The lowest BCUT2D eigenvalue weighted by Crippen LogP contribution is -2.35. The summed E-state index contributed by atoms with van der Waals surface area (Å²) in [6.07, 6.45) is 2.26. The summed E-state index contributed by atoms with van der Waals surface area (Å²) >= 11 is 0. The maximum absolute atomic E-state index is 11.8. The average Bonchev–Trinajstić information content (AvgIpc) is 2.22. The van der Waals surface area contributed by atoms with Crippen LogP contribution in [-0.4, -0.2) is 39.6 Å². The Balaban J connectivity index is 4.45. The van der Waals surface area contributed by atoms with E-state index in [-0.39, 0.29) is 34.7 Å². The summed E-state index contributed by atoms with van der Waals surface area (Å²) < 4.78 is 0. The molecule has 0 heterocycles. The molecule has 4 nitrogen and oxygen atoms in total. The molecule has 0 aliphatic rings. The molecule has 1 N–H and O–H groups in total. The second-order valence-electron chi connectivity index (χ2n) is 7.23. The van der Waals surface area contributed by atoms with Gasteiger partial charge in [0, 0.05) is 12.8 Å². The minimum absolute atomic E-state index is 0.0509. The summed E-state index contributed by atoms with van der Waals surface area (Å²) in [5.41, 5.74) is -0.361. The third-order valence-corrected chi connectivity index (χ3v) is 3.20. The summed E-state index contributed by atoms with van der Waals surface area (Å²) in [7, 11) is 3.32. The Hall–Kier alpha value is -1.06. The van der Waals surface area contributed by atoms with Crippen molar-refractivity contribution in [2.75, 3.05) is 6.54 Å². The van der Waals surface area contributed by atoms with Crippen LogP contribution >= 0.6 is 0 Å². The summed E-state index contributed by atoms with van der Waals surface area (Å²) in [5, 5.41) is 2.62. The van der Waals surface area contributed by atoms with Gasteiger partial charge in [0.15, 0.2) is 7.85 Å². The molecule has 0 rings (SSSR count). The second-order valence-corrected chi connectivity index (χ2v) is 7.23. The minimum atomic E-state index is -0.196. The zero-order chi connectivity index (χ0) is 16.0. The van der Waals surface area contributed by atoms with E-state index in [1.54, 1.807) is 0 Å². The van der Waals surface area contributed by atoms with Crippen molar-refractivity contribution in [3.8, 4) is 0 Å². The lowest BCUT2D eigenvalue weighted by molar-refractivity contribution is -0.125. The van der Waals surface area contributed by atoms with Crippen molar-refractivity contribution in [2.24, 2.45) is 10.8 Å². The van der Waals surface area contributed by atoms with E-state index in [4.69, 9.17) is 0 Å². The van der Waals surface area contributed by atoms with E-state index in [0.29, 0.717) is 19.2 Å². The number of Topliss-reactive ketones (excluding diaryl/α,β-unsaturated/α-hetero) is 1. The van der Waals surface area contributed by atoms with Gasteiger partial charge in [0.25, 0.3) is 0 Å². The summed E-state index contributed by atoms with van der Waals surface area (Å²) in [4.78, 5) is 34.2. The van der Waals surface area contributed by atoms with Crippen LogP contribution in [0.1, 0.15) is 47.0 Å². The molecule has 6 heteroatoms. The molecule has 0 aromatic heterocycles. The van der Waals surface area contributed by atoms with Gasteiger partial charge in [-0.25, -0.2) is 0 Å². The van der Waals surface area contributed by atoms with Gasteiger partial charge >= 0.3 is 0 Å². The van der Waals surface area contributed by atoms with E-state index in [1.165, 1.54) is 7.85 Å². The van der Waals surface area contributed by atoms with Crippen LogP contribution in [0.5, 0.6) is 0 Å². The van der Waals surface area contributed by atoms with E-state index < -0.39 is 0 Å². The lowest BCUT2D eigenvalue weighted by Gasteiger charge is -2.34. The highest BCUT2D eigenvalue weighted by Crippen LogP contribution is 2.38. The van der Waals surface area contributed by atoms with Crippen molar-refractivity contribution in [2.45, 2.75) is 53.3 Å². The number of hydrogen-bond acceptors (Lipinski definition) is 3. The highest BCUT2D eigenvalue weighted by Gasteiger charge is 2.31. The van der Waals surface area contributed by atoms with Gasteiger partial charge in [0.1, 0.15) is 19.3 Å². The average molecular weight is 279 g/mol. The first-order valence-corrected chi connectivity index (χ1v) is 7.25. The first-order valence-electron chi connectivity index (χ1n) is 7.25. The fourth-order valence-electron chi connectivity index (χ4n) is 2.80. The fraction of sp³-hybridized carbons (Fsp3) is 0.786. The van der Waals surface area contributed by atoms with E-state index in [2.05, 4.69) is 19.2 Å². The molecule has 0 aromatic carbocycles. The van der Waals surface area contributed by atoms with Crippen LogP contribution in [0.2, 0.25) is 6.32 Å². The maximum Gasteiger partial charge on any atom is 0.220 e. The highest BCUT2D eigenvalue weighted by molar-refractivity contribution is 6.58. The third-order valence-electron chi connectivity index (χ3n) is 3.20. The van der Waals surface area contributed by atoms with Crippen LogP contribution in [0.4, 0.5) is 0 Å². The van der Waals surface area contributed by atoms with Crippen molar-refractivity contribution in [1.29, 1.82) is 0 Å². The molecule has 0 atom stereocenters. The van der Waals surface area contributed by atoms with Gasteiger partial charge in [-0.05, 0) is 23.6 Å². The van der Waals surface area contributed by atoms with Gasteiger partial charge < -0.3 is 14.9 Å². The van der Waals surface area contributed by atoms with E-state index >= 15 is 0 Å². The number of nitrogens with one attached hydrogen (secondary N) is 1. The number of carbonyl (C=O) groups excluding carboxylic acids is 3. The molecular weight excluding hydrogens is 252 g/mol. The monoisotopic (exact) mass is 279 g/mol. The van der Waals surface area contributed by atoms with Crippen molar-refractivity contribution >= 4 is 33.1 Å². The molecule has 0 saturated carbocycles. The fourth-order valence-corrected chi connectivity index (χ4v) is 2.80. The molecular formula is C14H27B2NO3. The van der Waals surface area contributed by atoms with E-state index in [0.717, 1.165) is 6.42 Å². The zero-order valence-corrected chi connectivity index (χ0v) is 13.8.